The van der Waals surface area contributed by atoms with Crippen LogP contribution in [0.25, 0.3) is 33.2 Å². The highest BCUT2D eigenvalue weighted by molar-refractivity contribution is 6.76. The van der Waals surface area contributed by atoms with E-state index in [1.165, 1.54) is 0 Å². The molecule has 2 atom stereocenters. The fourth-order valence-electron chi connectivity index (χ4n) is 4.64. The van der Waals surface area contributed by atoms with Crippen molar-refractivity contribution in [2.75, 3.05) is 24.6 Å². The van der Waals surface area contributed by atoms with Gasteiger partial charge < -0.3 is 14.2 Å². The SMILES string of the molecule is C[C@H]1CCN(c2cnc3c(-c4ccc5nn(C)cc5c4Cl)cn(COCC[Si](C)(C)C)c3n2)C[C@H]1F. The Balaban J connectivity index is 1.54. The quantitative estimate of drug-likeness (QED) is 0.213. The lowest BCUT2D eigenvalue weighted by molar-refractivity contribution is 0.0899. The minimum Gasteiger partial charge on any atom is -0.361 e. The predicted molar refractivity (Wildman–Crippen MR) is 147 cm³/mol. The van der Waals surface area contributed by atoms with Crippen LogP contribution in [-0.4, -0.2) is 58.3 Å². The molecule has 0 aliphatic carbocycles. The summed E-state index contributed by atoms with van der Waals surface area (Å²) in [7, 11) is 0.683. The first kappa shape index (κ1) is 25.2. The predicted octanol–water partition coefficient (Wildman–Crippen LogP) is 6.14. The van der Waals surface area contributed by atoms with Crippen LogP contribution in [-0.2, 0) is 18.5 Å². The lowest BCUT2D eigenvalue weighted by Crippen LogP contribution is -2.41. The Kier molecular flexibility index (Phi) is 6.82. The number of ether oxygens (including phenoxy) is 1. The Morgan fingerprint density at radius 1 is 1.19 bits per heavy atom. The van der Waals surface area contributed by atoms with Crippen LogP contribution >= 0.6 is 11.6 Å². The topological polar surface area (TPSA) is 61.0 Å². The third kappa shape index (κ3) is 5.01. The van der Waals surface area contributed by atoms with Crippen molar-refractivity contribution in [3.05, 3.63) is 35.7 Å². The Morgan fingerprint density at radius 3 is 2.75 bits per heavy atom. The van der Waals surface area contributed by atoms with Gasteiger partial charge in [0, 0.05) is 57.2 Å². The standard InChI is InChI=1S/C26H34ClFN6OSi/c1-17-8-9-33(15-21(17)28)23-12-29-25-19(18-6-7-22-20(24(18)27)13-32(2)31-22)14-34(26(25)30-23)16-35-10-11-36(3,4)5/h6-7,12-14,17,21H,8-11,15-16H2,1-5H3/t17-,21+/m0/s1. The first-order valence-corrected chi connectivity index (χ1v) is 16.6. The fraction of sp³-hybridized carbons (Fsp3) is 0.500. The van der Waals surface area contributed by atoms with E-state index in [1.807, 2.05) is 48.0 Å². The zero-order valence-corrected chi connectivity index (χ0v) is 23.4. The minimum atomic E-state index is -1.20. The number of benzene rings is 1. The van der Waals surface area contributed by atoms with Crippen molar-refractivity contribution in [2.24, 2.45) is 13.0 Å². The van der Waals surface area contributed by atoms with Crippen LogP contribution in [0.15, 0.2) is 30.7 Å². The van der Waals surface area contributed by atoms with Gasteiger partial charge in [0.15, 0.2) is 5.65 Å². The van der Waals surface area contributed by atoms with Gasteiger partial charge in [-0.3, -0.25) is 4.68 Å². The summed E-state index contributed by atoms with van der Waals surface area (Å²) >= 11 is 6.87. The number of nitrogens with zero attached hydrogens (tertiary/aromatic N) is 6. The average molecular weight is 529 g/mol. The Labute approximate surface area is 217 Å². The normalized spacial score (nSPS) is 19.0. The van der Waals surface area contributed by atoms with Gasteiger partial charge in [0.25, 0.3) is 0 Å². The first-order valence-electron chi connectivity index (χ1n) is 12.6. The number of halogens is 2. The highest BCUT2D eigenvalue weighted by Crippen LogP contribution is 2.38. The molecule has 1 aromatic carbocycles. The summed E-state index contributed by atoms with van der Waals surface area (Å²) in [5.41, 5.74) is 4.08. The van der Waals surface area contributed by atoms with Crippen LogP contribution in [0.2, 0.25) is 30.7 Å². The van der Waals surface area contributed by atoms with Gasteiger partial charge in [-0.2, -0.15) is 5.10 Å². The Hall–Kier alpha value is -2.49. The smallest absolute Gasteiger partial charge is 0.163 e. The number of alkyl halides is 1. The van der Waals surface area contributed by atoms with Crippen LogP contribution in [0, 0.1) is 5.92 Å². The number of hydrogen-bond acceptors (Lipinski definition) is 5. The number of aryl methyl sites for hydroxylation is 1. The molecule has 3 aromatic heterocycles. The van der Waals surface area contributed by atoms with Gasteiger partial charge in [-0.05, 0) is 24.4 Å². The monoisotopic (exact) mass is 528 g/mol. The molecule has 0 saturated carbocycles. The van der Waals surface area contributed by atoms with Gasteiger partial charge >= 0.3 is 0 Å². The van der Waals surface area contributed by atoms with Gasteiger partial charge in [-0.25, -0.2) is 14.4 Å². The number of fused-ring (bicyclic) bond motifs is 2. The van der Waals surface area contributed by atoms with E-state index in [2.05, 4.69) is 24.7 Å². The molecule has 0 unspecified atom stereocenters. The van der Waals surface area contributed by atoms with Crippen molar-refractivity contribution in [3.63, 3.8) is 0 Å². The summed E-state index contributed by atoms with van der Waals surface area (Å²) in [6.07, 6.45) is 5.63. The summed E-state index contributed by atoms with van der Waals surface area (Å²) in [5, 5.41) is 6.00. The maximum atomic E-state index is 14.5. The van der Waals surface area contributed by atoms with Gasteiger partial charge in [0.05, 0.1) is 23.3 Å². The maximum absolute atomic E-state index is 14.5. The van der Waals surface area contributed by atoms with E-state index in [0.29, 0.717) is 36.4 Å². The molecule has 4 heterocycles. The Bertz CT molecular complexity index is 1400. The molecule has 7 nitrogen and oxygen atoms in total. The average Bonchev–Trinajstić information content (AvgIpc) is 3.38. The molecule has 1 fully saturated rings. The number of aromatic nitrogens is 5. The maximum Gasteiger partial charge on any atom is 0.163 e. The second kappa shape index (κ2) is 9.76. The number of rotatable bonds is 7. The van der Waals surface area contributed by atoms with Crippen LogP contribution in [0.3, 0.4) is 0 Å². The lowest BCUT2D eigenvalue weighted by Gasteiger charge is -2.33. The molecule has 1 aliphatic rings. The van der Waals surface area contributed by atoms with Crippen molar-refractivity contribution in [3.8, 4) is 11.1 Å². The fourth-order valence-corrected chi connectivity index (χ4v) is 5.71. The van der Waals surface area contributed by atoms with Gasteiger partial charge in [0.1, 0.15) is 24.2 Å². The van der Waals surface area contributed by atoms with Crippen molar-refractivity contribution >= 4 is 47.6 Å². The molecule has 0 radical (unpaired) electrons. The summed E-state index contributed by atoms with van der Waals surface area (Å²) in [6.45, 7) is 11.2. The molecule has 0 bridgehead atoms. The van der Waals surface area contributed by atoms with E-state index in [4.69, 9.17) is 26.3 Å². The third-order valence-corrected chi connectivity index (χ3v) is 9.11. The number of hydrogen-bond donors (Lipinski definition) is 0. The lowest BCUT2D eigenvalue weighted by atomic mass is 9.97. The van der Waals surface area contributed by atoms with Gasteiger partial charge in [-0.1, -0.05) is 44.2 Å². The van der Waals surface area contributed by atoms with Crippen LogP contribution < -0.4 is 4.90 Å². The highest BCUT2D eigenvalue weighted by Gasteiger charge is 2.27. The molecule has 10 heteroatoms. The van der Waals surface area contributed by atoms with E-state index >= 15 is 0 Å². The molecule has 1 saturated heterocycles. The van der Waals surface area contributed by atoms with Crippen molar-refractivity contribution < 1.29 is 9.13 Å². The molecule has 0 spiro atoms. The largest absolute Gasteiger partial charge is 0.361 e. The van der Waals surface area contributed by atoms with Gasteiger partial charge in [0.2, 0.25) is 0 Å². The number of piperidine rings is 1. The summed E-state index contributed by atoms with van der Waals surface area (Å²) in [6, 6.07) is 5.05. The minimum absolute atomic E-state index is 0.0673. The molecule has 0 N–H and O–H groups in total. The molecule has 4 aromatic rings. The van der Waals surface area contributed by atoms with E-state index in [1.54, 1.807) is 10.9 Å². The second-order valence-electron chi connectivity index (χ2n) is 11.2. The van der Waals surface area contributed by atoms with Crippen LogP contribution in [0.5, 0.6) is 0 Å². The zero-order valence-electron chi connectivity index (χ0n) is 21.6. The van der Waals surface area contributed by atoms with Crippen LogP contribution in [0.4, 0.5) is 10.2 Å². The first-order chi connectivity index (χ1) is 17.1. The van der Waals surface area contributed by atoms with Crippen molar-refractivity contribution in [1.82, 2.24) is 24.3 Å². The summed E-state index contributed by atoms with van der Waals surface area (Å²) in [5.74, 6) is 0.761. The molecule has 36 heavy (non-hydrogen) atoms. The summed E-state index contributed by atoms with van der Waals surface area (Å²) < 4.78 is 24.3. The second-order valence-corrected chi connectivity index (χ2v) is 17.2. The molecular formula is C26H34ClFN6OSi. The summed E-state index contributed by atoms with van der Waals surface area (Å²) in [4.78, 5) is 11.8. The third-order valence-electron chi connectivity index (χ3n) is 7.00. The van der Waals surface area contributed by atoms with Crippen molar-refractivity contribution in [1.29, 1.82) is 0 Å². The van der Waals surface area contributed by atoms with Crippen LogP contribution in [0.1, 0.15) is 13.3 Å². The zero-order chi connectivity index (χ0) is 25.6. The van der Waals surface area contributed by atoms with E-state index < -0.39 is 14.2 Å². The highest BCUT2D eigenvalue weighted by atomic mass is 35.5. The van der Waals surface area contributed by atoms with E-state index in [0.717, 1.165) is 46.6 Å². The van der Waals surface area contributed by atoms with Gasteiger partial charge in [-0.15, -0.1) is 0 Å². The Morgan fingerprint density at radius 2 is 2.00 bits per heavy atom. The van der Waals surface area contributed by atoms with Crippen molar-refractivity contribution in [2.45, 2.75) is 51.9 Å². The molecule has 0 amide bonds. The van der Waals surface area contributed by atoms with E-state index in [-0.39, 0.29) is 5.92 Å². The molecule has 5 rings (SSSR count). The molecule has 1 aliphatic heterocycles. The number of anilines is 1. The van der Waals surface area contributed by atoms with E-state index in [9.17, 15) is 4.39 Å². The molecule has 192 valence electrons. The molecular weight excluding hydrogens is 495 g/mol.